The van der Waals surface area contributed by atoms with Gasteiger partial charge in [-0.3, -0.25) is 9.48 Å². The highest BCUT2D eigenvalue weighted by atomic mass is 79.9. The summed E-state index contributed by atoms with van der Waals surface area (Å²) in [5.41, 5.74) is 0.147. The summed E-state index contributed by atoms with van der Waals surface area (Å²) >= 11 is 6.52. The maximum Gasteiger partial charge on any atom is 0.359 e. The van der Waals surface area contributed by atoms with Crippen LogP contribution in [-0.2, 0) is 16.6 Å². The van der Waals surface area contributed by atoms with Gasteiger partial charge in [0.05, 0.1) is 4.47 Å². The Morgan fingerprint density at radius 3 is 2.81 bits per heavy atom. The first kappa shape index (κ1) is 15.6. The van der Waals surface area contributed by atoms with Gasteiger partial charge in [-0.2, -0.15) is 5.10 Å². The topological polar surface area (TPSA) is 86.1 Å². The number of pyridine rings is 1. The molecule has 0 unspecified atom stereocenters. The molecule has 0 aliphatic heterocycles. The number of aryl methyl sites for hydroxylation is 1. The van der Waals surface area contributed by atoms with Gasteiger partial charge in [0.25, 0.3) is 5.91 Å². The first-order valence-electron chi connectivity index (χ1n) is 5.73. The lowest BCUT2D eigenvalue weighted by Crippen LogP contribution is -2.22. The summed E-state index contributed by atoms with van der Waals surface area (Å²) in [4.78, 5) is 27.3. The molecule has 0 atom stereocenters. The second-order valence-electron chi connectivity index (χ2n) is 3.98. The zero-order chi connectivity index (χ0) is 15.4. The molecule has 1 N–H and O–H groups in total. The summed E-state index contributed by atoms with van der Waals surface area (Å²) in [6, 6.07) is 3.25. The molecular weight excluding hydrogens is 408 g/mol. The van der Waals surface area contributed by atoms with Crippen LogP contribution in [0, 0.1) is 0 Å². The maximum atomic E-state index is 11.7. The molecule has 2 aromatic rings. The monoisotopic (exact) mass is 416 g/mol. The largest absolute Gasteiger partial charge is 0.451 e. The number of hydrogen-bond donors (Lipinski definition) is 1. The number of amides is 1. The minimum absolute atomic E-state index is 0.147. The molecule has 1 amide bonds. The van der Waals surface area contributed by atoms with Gasteiger partial charge in [-0.25, -0.2) is 9.78 Å². The van der Waals surface area contributed by atoms with Crippen molar-refractivity contribution < 1.29 is 14.3 Å². The highest BCUT2D eigenvalue weighted by molar-refractivity contribution is 9.11. The molecule has 7 nitrogen and oxygen atoms in total. The predicted molar refractivity (Wildman–Crippen MR) is 81.8 cm³/mol. The maximum absolute atomic E-state index is 11.7. The number of hydrogen-bond acceptors (Lipinski definition) is 5. The van der Waals surface area contributed by atoms with Crippen LogP contribution in [0.4, 0.5) is 5.82 Å². The molecule has 0 aromatic carbocycles. The number of carbonyl (C=O) groups excluding carboxylic acids is 2. The van der Waals surface area contributed by atoms with Crippen molar-refractivity contribution in [1.82, 2.24) is 14.8 Å². The molecule has 2 aromatic heterocycles. The lowest BCUT2D eigenvalue weighted by molar-refractivity contribution is -0.119. The number of nitrogens with zero attached hydrogens (tertiary/aromatic N) is 3. The third kappa shape index (κ3) is 4.36. The summed E-state index contributed by atoms with van der Waals surface area (Å²) in [6.07, 6.45) is 3.15. The molecular formula is C12H10Br2N4O3. The Kier molecular flexibility index (Phi) is 5.07. The summed E-state index contributed by atoms with van der Waals surface area (Å²) in [5.74, 6) is -0.805. The first-order valence-corrected chi connectivity index (χ1v) is 7.32. The van der Waals surface area contributed by atoms with Crippen LogP contribution in [0.2, 0.25) is 0 Å². The number of halogens is 2. The SMILES string of the molecule is Cn1ccc(C(=O)OCC(=O)Nc2ncc(Br)cc2Br)n1. The van der Waals surface area contributed by atoms with Crippen molar-refractivity contribution in [1.29, 1.82) is 0 Å². The van der Waals surface area contributed by atoms with Crippen LogP contribution in [0.5, 0.6) is 0 Å². The highest BCUT2D eigenvalue weighted by Crippen LogP contribution is 2.23. The molecule has 9 heteroatoms. The second-order valence-corrected chi connectivity index (χ2v) is 5.75. The Labute approximate surface area is 136 Å². The number of esters is 1. The Hall–Kier alpha value is -1.74. The van der Waals surface area contributed by atoms with Crippen LogP contribution in [0.3, 0.4) is 0 Å². The lowest BCUT2D eigenvalue weighted by atomic mass is 10.4. The number of ether oxygens (including phenoxy) is 1. The standard InChI is InChI=1S/C12H10Br2N4O3/c1-18-3-2-9(17-18)12(20)21-6-10(19)16-11-8(14)4-7(13)5-15-11/h2-5H,6H2,1H3,(H,15,16,19). The molecule has 0 aliphatic carbocycles. The molecule has 110 valence electrons. The van der Waals surface area contributed by atoms with Gasteiger partial charge >= 0.3 is 5.97 Å². The fraction of sp³-hybridized carbons (Fsp3) is 0.167. The van der Waals surface area contributed by atoms with Gasteiger partial charge in [-0.15, -0.1) is 0 Å². The van der Waals surface area contributed by atoms with Crippen LogP contribution in [0.25, 0.3) is 0 Å². The molecule has 0 radical (unpaired) electrons. The van der Waals surface area contributed by atoms with E-state index in [-0.39, 0.29) is 5.69 Å². The zero-order valence-corrected chi connectivity index (χ0v) is 14.0. The number of carbonyl (C=O) groups is 2. The van der Waals surface area contributed by atoms with Crippen LogP contribution in [0.1, 0.15) is 10.5 Å². The first-order chi connectivity index (χ1) is 9.95. The minimum Gasteiger partial charge on any atom is -0.451 e. The number of nitrogens with one attached hydrogen (secondary N) is 1. The molecule has 0 saturated heterocycles. The number of anilines is 1. The molecule has 2 heterocycles. The number of aromatic nitrogens is 3. The van der Waals surface area contributed by atoms with Gasteiger partial charge < -0.3 is 10.1 Å². The predicted octanol–water partition coefficient (Wildman–Crippen LogP) is 2.14. The van der Waals surface area contributed by atoms with E-state index in [1.807, 2.05) is 0 Å². The average Bonchev–Trinajstić information content (AvgIpc) is 2.86. The summed E-state index contributed by atoms with van der Waals surface area (Å²) < 4.78 is 7.72. The van der Waals surface area contributed by atoms with Crippen LogP contribution in [0.15, 0.2) is 33.5 Å². The molecule has 2 rings (SSSR count). The van der Waals surface area contributed by atoms with Crippen LogP contribution >= 0.6 is 31.9 Å². The van der Waals surface area contributed by atoms with Crippen LogP contribution < -0.4 is 5.32 Å². The van der Waals surface area contributed by atoms with E-state index in [1.54, 1.807) is 25.5 Å². The second kappa shape index (κ2) is 6.81. The van der Waals surface area contributed by atoms with Gasteiger partial charge in [-0.05, 0) is 44.0 Å². The minimum atomic E-state index is -0.659. The fourth-order valence-corrected chi connectivity index (χ4v) is 2.49. The van der Waals surface area contributed by atoms with Crippen molar-refractivity contribution in [3.63, 3.8) is 0 Å². The van der Waals surface area contributed by atoms with Gasteiger partial charge in [0.1, 0.15) is 5.82 Å². The van der Waals surface area contributed by atoms with Gasteiger partial charge in [0.15, 0.2) is 12.3 Å². The van der Waals surface area contributed by atoms with Crippen LogP contribution in [-0.4, -0.2) is 33.2 Å². The highest BCUT2D eigenvalue weighted by Gasteiger charge is 2.14. The molecule has 0 aliphatic rings. The molecule has 0 fully saturated rings. The zero-order valence-electron chi connectivity index (χ0n) is 10.8. The Morgan fingerprint density at radius 2 is 2.19 bits per heavy atom. The van der Waals surface area contributed by atoms with E-state index in [1.165, 1.54) is 10.7 Å². The van der Waals surface area contributed by atoms with E-state index in [0.717, 1.165) is 4.47 Å². The van der Waals surface area contributed by atoms with Gasteiger partial charge in [0.2, 0.25) is 0 Å². The Morgan fingerprint density at radius 1 is 1.43 bits per heavy atom. The van der Waals surface area contributed by atoms with Crippen molar-refractivity contribution in [3.05, 3.63) is 39.2 Å². The van der Waals surface area contributed by atoms with E-state index in [9.17, 15) is 9.59 Å². The van der Waals surface area contributed by atoms with Crippen molar-refractivity contribution in [2.24, 2.45) is 7.05 Å². The quantitative estimate of drug-likeness (QED) is 0.770. The lowest BCUT2D eigenvalue weighted by Gasteiger charge is -2.07. The smallest absolute Gasteiger partial charge is 0.359 e. The molecule has 0 saturated carbocycles. The summed E-state index contributed by atoms with van der Waals surface area (Å²) in [6.45, 7) is -0.417. The Balaban J connectivity index is 1.89. The van der Waals surface area contributed by atoms with Gasteiger partial charge in [-0.1, -0.05) is 0 Å². The normalized spacial score (nSPS) is 10.2. The number of rotatable bonds is 4. The third-order valence-electron chi connectivity index (χ3n) is 2.32. The van der Waals surface area contributed by atoms with Crippen molar-refractivity contribution in [3.8, 4) is 0 Å². The van der Waals surface area contributed by atoms with E-state index >= 15 is 0 Å². The van der Waals surface area contributed by atoms with E-state index in [2.05, 4.69) is 47.3 Å². The molecule has 0 bridgehead atoms. The van der Waals surface area contributed by atoms with Gasteiger partial charge in [0, 0.05) is 23.9 Å². The summed E-state index contributed by atoms with van der Waals surface area (Å²) in [5, 5.41) is 6.41. The summed E-state index contributed by atoms with van der Waals surface area (Å²) in [7, 11) is 1.68. The average molecular weight is 418 g/mol. The Bertz CT molecular complexity index is 687. The molecule has 0 spiro atoms. The molecule has 21 heavy (non-hydrogen) atoms. The van der Waals surface area contributed by atoms with E-state index in [0.29, 0.717) is 10.3 Å². The fourth-order valence-electron chi connectivity index (χ4n) is 1.40. The van der Waals surface area contributed by atoms with Crippen molar-refractivity contribution >= 4 is 49.6 Å². The van der Waals surface area contributed by atoms with Crippen molar-refractivity contribution in [2.45, 2.75) is 0 Å². The third-order valence-corrected chi connectivity index (χ3v) is 3.36. The van der Waals surface area contributed by atoms with Crippen molar-refractivity contribution in [2.75, 3.05) is 11.9 Å². The van der Waals surface area contributed by atoms with E-state index < -0.39 is 18.5 Å². The van der Waals surface area contributed by atoms with E-state index in [4.69, 9.17) is 4.74 Å².